The maximum Gasteiger partial charge on any atom is 0.228 e. The van der Waals surface area contributed by atoms with Gasteiger partial charge in [0.2, 0.25) is 11.8 Å². The molecule has 1 heterocycles. The lowest BCUT2D eigenvalue weighted by Crippen LogP contribution is -2.36. The SMILES string of the molecule is CCN(Cc1ccccc1)C(=O)C1CC(=O)N(Cc2ccccc2OC)C1. The fourth-order valence-corrected chi connectivity index (χ4v) is 3.54. The molecule has 1 fully saturated rings. The zero-order valence-corrected chi connectivity index (χ0v) is 15.9. The summed E-state index contributed by atoms with van der Waals surface area (Å²) in [5, 5.41) is 0. The summed E-state index contributed by atoms with van der Waals surface area (Å²) in [4.78, 5) is 29.0. The minimum absolute atomic E-state index is 0.0232. The van der Waals surface area contributed by atoms with E-state index in [0.29, 0.717) is 26.2 Å². The highest BCUT2D eigenvalue weighted by Crippen LogP contribution is 2.26. The van der Waals surface area contributed by atoms with Crippen LogP contribution in [0.2, 0.25) is 0 Å². The number of rotatable bonds is 7. The van der Waals surface area contributed by atoms with Crippen molar-refractivity contribution in [2.45, 2.75) is 26.4 Å². The zero-order chi connectivity index (χ0) is 19.2. The van der Waals surface area contributed by atoms with Crippen molar-refractivity contribution in [1.29, 1.82) is 0 Å². The summed E-state index contributed by atoms with van der Waals surface area (Å²) >= 11 is 0. The molecule has 0 aromatic heterocycles. The van der Waals surface area contributed by atoms with Gasteiger partial charge in [0, 0.05) is 38.2 Å². The molecule has 0 aliphatic carbocycles. The number of carbonyl (C=O) groups is 2. The number of hydrogen-bond donors (Lipinski definition) is 0. The molecule has 1 saturated heterocycles. The van der Waals surface area contributed by atoms with Crippen LogP contribution in [0, 0.1) is 5.92 Å². The van der Waals surface area contributed by atoms with E-state index >= 15 is 0 Å². The molecule has 2 amide bonds. The molecule has 1 unspecified atom stereocenters. The summed E-state index contributed by atoms with van der Waals surface area (Å²) in [7, 11) is 1.62. The molecule has 2 aromatic rings. The van der Waals surface area contributed by atoms with Gasteiger partial charge in [-0.15, -0.1) is 0 Å². The Labute approximate surface area is 160 Å². The van der Waals surface area contributed by atoms with Gasteiger partial charge in [-0.1, -0.05) is 48.5 Å². The van der Waals surface area contributed by atoms with Gasteiger partial charge in [0.15, 0.2) is 0 Å². The van der Waals surface area contributed by atoms with E-state index in [1.54, 1.807) is 12.0 Å². The molecule has 0 spiro atoms. The predicted molar refractivity (Wildman–Crippen MR) is 104 cm³/mol. The third-order valence-electron chi connectivity index (χ3n) is 5.03. The molecule has 0 N–H and O–H groups in total. The Morgan fingerprint density at radius 3 is 2.56 bits per heavy atom. The van der Waals surface area contributed by atoms with Gasteiger partial charge in [0.25, 0.3) is 0 Å². The van der Waals surface area contributed by atoms with Crippen LogP contribution >= 0.6 is 0 Å². The Balaban J connectivity index is 1.65. The van der Waals surface area contributed by atoms with Crippen molar-refractivity contribution < 1.29 is 14.3 Å². The molecule has 1 aliphatic rings. The molecule has 0 bridgehead atoms. The minimum atomic E-state index is -0.282. The molecule has 5 nitrogen and oxygen atoms in total. The zero-order valence-electron chi connectivity index (χ0n) is 15.9. The number of likely N-dealkylation sites (tertiary alicyclic amines) is 1. The molecule has 0 saturated carbocycles. The van der Waals surface area contributed by atoms with Crippen LogP contribution in [0.3, 0.4) is 0 Å². The van der Waals surface area contributed by atoms with Crippen LogP contribution in [-0.4, -0.2) is 41.8 Å². The number of hydrogen-bond acceptors (Lipinski definition) is 3. The Bertz CT molecular complexity index is 791. The monoisotopic (exact) mass is 366 g/mol. The molecule has 1 aliphatic heterocycles. The van der Waals surface area contributed by atoms with Gasteiger partial charge in [0.1, 0.15) is 5.75 Å². The van der Waals surface area contributed by atoms with Gasteiger partial charge in [0.05, 0.1) is 13.0 Å². The summed E-state index contributed by atoms with van der Waals surface area (Å²) < 4.78 is 5.37. The second-order valence-electron chi connectivity index (χ2n) is 6.83. The molecule has 2 aromatic carbocycles. The quantitative estimate of drug-likeness (QED) is 0.757. The smallest absolute Gasteiger partial charge is 0.228 e. The van der Waals surface area contributed by atoms with Gasteiger partial charge in [-0.3, -0.25) is 9.59 Å². The van der Waals surface area contributed by atoms with Gasteiger partial charge in [-0.25, -0.2) is 0 Å². The lowest BCUT2D eigenvalue weighted by atomic mass is 10.1. The van der Waals surface area contributed by atoms with Crippen LogP contribution in [0.4, 0.5) is 0 Å². The van der Waals surface area contributed by atoms with Crippen LogP contribution in [0.15, 0.2) is 54.6 Å². The number of methoxy groups -OCH3 is 1. The molecule has 1 atom stereocenters. The predicted octanol–water partition coefficient (Wildman–Crippen LogP) is 3.09. The van der Waals surface area contributed by atoms with Crippen LogP contribution in [-0.2, 0) is 22.7 Å². The van der Waals surface area contributed by atoms with E-state index in [1.165, 1.54) is 0 Å². The number of para-hydroxylation sites is 1. The standard InChI is InChI=1S/C22H26N2O3/c1-3-23(14-17-9-5-4-6-10-17)22(26)19-13-21(25)24(16-19)15-18-11-7-8-12-20(18)27-2/h4-12,19H,3,13-16H2,1-2H3. The van der Waals surface area contributed by atoms with Crippen molar-refractivity contribution in [1.82, 2.24) is 9.80 Å². The lowest BCUT2D eigenvalue weighted by Gasteiger charge is -2.24. The van der Waals surface area contributed by atoms with Crippen molar-refractivity contribution in [3.63, 3.8) is 0 Å². The third kappa shape index (κ3) is 4.48. The first-order chi connectivity index (χ1) is 13.1. The first kappa shape index (κ1) is 19.0. The Morgan fingerprint density at radius 2 is 1.85 bits per heavy atom. The fraction of sp³-hybridized carbons (Fsp3) is 0.364. The molecule has 3 rings (SSSR count). The Kier molecular flexibility index (Phi) is 6.12. The number of nitrogens with zero attached hydrogens (tertiary/aromatic N) is 2. The maximum absolute atomic E-state index is 13.0. The summed E-state index contributed by atoms with van der Waals surface area (Å²) in [5.74, 6) is 0.558. The first-order valence-electron chi connectivity index (χ1n) is 9.34. The summed E-state index contributed by atoms with van der Waals surface area (Å²) in [5.41, 5.74) is 2.06. The van der Waals surface area contributed by atoms with E-state index < -0.39 is 0 Å². The van der Waals surface area contributed by atoms with E-state index in [-0.39, 0.29) is 24.2 Å². The van der Waals surface area contributed by atoms with Crippen molar-refractivity contribution in [3.8, 4) is 5.75 Å². The van der Waals surface area contributed by atoms with Crippen molar-refractivity contribution in [3.05, 3.63) is 65.7 Å². The van der Waals surface area contributed by atoms with Gasteiger partial charge < -0.3 is 14.5 Å². The van der Waals surface area contributed by atoms with Crippen LogP contribution < -0.4 is 4.74 Å². The van der Waals surface area contributed by atoms with E-state index in [4.69, 9.17) is 4.74 Å². The highest BCUT2D eigenvalue weighted by atomic mass is 16.5. The van der Waals surface area contributed by atoms with Crippen LogP contribution in [0.5, 0.6) is 5.75 Å². The average molecular weight is 366 g/mol. The normalized spacial score (nSPS) is 16.4. The molecule has 5 heteroatoms. The lowest BCUT2D eigenvalue weighted by molar-refractivity contribution is -0.136. The fourth-order valence-electron chi connectivity index (χ4n) is 3.54. The number of benzene rings is 2. The third-order valence-corrected chi connectivity index (χ3v) is 5.03. The maximum atomic E-state index is 13.0. The van der Waals surface area contributed by atoms with Crippen LogP contribution in [0.1, 0.15) is 24.5 Å². The second kappa shape index (κ2) is 8.71. The Morgan fingerprint density at radius 1 is 1.15 bits per heavy atom. The van der Waals surface area contributed by atoms with Gasteiger partial charge in [-0.2, -0.15) is 0 Å². The van der Waals surface area contributed by atoms with Crippen molar-refractivity contribution in [2.24, 2.45) is 5.92 Å². The Hall–Kier alpha value is -2.82. The molecular weight excluding hydrogens is 340 g/mol. The minimum Gasteiger partial charge on any atom is -0.496 e. The van der Waals surface area contributed by atoms with E-state index in [1.807, 2.05) is 66.4 Å². The number of amides is 2. The molecule has 142 valence electrons. The molecular formula is C22H26N2O3. The topological polar surface area (TPSA) is 49.9 Å². The highest BCUT2D eigenvalue weighted by Gasteiger charge is 2.36. The highest BCUT2D eigenvalue weighted by molar-refractivity contribution is 5.89. The van der Waals surface area contributed by atoms with Crippen molar-refractivity contribution >= 4 is 11.8 Å². The average Bonchev–Trinajstić information content (AvgIpc) is 3.07. The van der Waals surface area contributed by atoms with Gasteiger partial charge in [-0.05, 0) is 18.6 Å². The molecule has 27 heavy (non-hydrogen) atoms. The number of carbonyl (C=O) groups excluding carboxylic acids is 2. The number of ether oxygens (including phenoxy) is 1. The largest absolute Gasteiger partial charge is 0.496 e. The summed E-state index contributed by atoms with van der Waals surface area (Å²) in [6.45, 7) is 4.11. The van der Waals surface area contributed by atoms with Gasteiger partial charge >= 0.3 is 0 Å². The summed E-state index contributed by atoms with van der Waals surface area (Å²) in [6.07, 6.45) is 0.277. The van der Waals surface area contributed by atoms with E-state index in [2.05, 4.69) is 0 Å². The molecule has 0 radical (unpaired) electrons. The van der Waals surface area contributed by atoms with E-state index in [9.17, 15) is 9.59 Å². The first-order valence-corrected chi connectivity index (χ1v) is 9.34. The van der Waals surface area contributed by atoms with Crippen LogP contribution in [0.25, 0.3) is 0 Å². The second-order valence-corrected chi connectivity index (χ2v) is 6.83. The van der Waals surface area contributed by atoms with Crippen molar-refractivity contribution in [2.75, 3.05) is 20.2 Å². The summed E-state index contributed by atoms with van der Waals surface area (Å²) in [6, 6.07) is 17.6. The van der Waals surface area contributed by atoms with E-state index in [0.717, 1.165) is 16.9 Å².